The van der Waals surface area contributed by atoms with Gasteiger partial charge in [0.15, 0.2) is 0 Å². The fraction of sp³-hybridized carbons (Fsp3) is 0.217. The fourth-order valence-electron chi connectivity index (χ4n) is 2.72. The van der Waals surface area contributed by atoms with Gasteiger partial charge in [-0.05, 0) is 53.8 Å². The number of hydrogen-bond acceptors (Lipinski definition) is 3. The monoisotopic (exact) mass is 359 g/mol. The summed E-state index contributed by atoms with van der Waals surface area (Å²) in [7, 11) is 0. The van der Waals surface area contributed by atoms with Gasteiger partial charge >= 0.3 is 0 Å². The quantitative estimate of drug-likeness (QED) is 0.630. The fourth-order valence-corrected chi connectivity index (χ4v) is 2.72. The Kier molecular flexibility index (Phi) is 5.26. The van der Waals surface area contributed by atoms with Gasteiger partial charge in [0, 0.05) is 11.3 Å². The molecule has 0 spiro atoms. The third-order valence-electron chi connectivity index (χ3n) is 4.44. The average molecular weight is 359 g/mol. The molecule has 1 heterocycles. The van der Waals surface area contributed by atoms with Crippen molar-refractivity contribution >= 4 is 23.1 Å². The standard InChI is InChI=1S/C23H25N3O/c1-16-7-5-6-8-20(16)26-21-14-13-19(15-24-21)25-22(27)17-9-11-18(12-10-17)23(2,3)4/h5-15H,1-4H3,(H,24,26)(H,25,27). The summed E-state index contributed by atoms with van der Waals surface area (Å²) >= 11 is 0. The van der Waals surface area contributed by atoms with Crippen molar-refractivity contribution in [2.45, 2.75) is 33.1 Å². The van der Waals surface area contributed by atoms with Crippen molar-refractivity contribution in [3.63, 3.8) is 0 Å². The molecular weight excluding hydrogens is 334 g/mol. The zero-order valence-electron chi connectivity index (χ0n) is 16.2. The minimum Gasteiger partial charge on any atom is -0.340 e. The first-order valence-electron chi connectivity index (χ1n) is 9.03. The Hall–Kier alpha value is -3.14. The number of nitrogens with one attached hydrogen (secondary N) is 2. The maximum Gasteiger partial charge on any atom is 0.255 e. The molecule has 27 heavy (non-hydrogen) atoms. The van der Waals surface area contributed by atoms with E-state index >= 15 is 0 Å². The van der Waals surface area contributed by atoms with E-state index in [9.17, 15) is 4.79 Å². The van der Waals surface area contributed by atoms with E-state index in [-0.39, 0.29) is 11.3 Å². The predicted octanol–water partition coefficient (Wildman–Crippen LogP) is 5.68. The Morgan fingerprint density at radius 2 is 1.63 bits per heavy atom. The van der Waals surface area contributed by atoms with Gasteiger partial charge in [-0.25, -0.2) is 4.98 Å². The Labute approximate surface area is 160 Å². The number of hydrogen-bond donors (Lipinski definition) is 2. The Morgan fingerprint density at radius 1 is 0.926 bits per heavy atom. The van der Waals surface area contributed by atoms with Gasteiger partial charge < -0.3 is 10.6 Å². The largest absolute Gasteiger partial charge is 0.340 e. The summed E-state index contributed by atoms with van der Waals surface area (Å²) in [6, 6.07) is 19.4. The number of carbonyl (C=O) groups excluding carboxylic acids is 1. The van der Waals surface area contributed by atoms with Gasteiger partial charge in [0.2, 0.25) is 0 Å². The van der Waals surface area contributed by atoms with Crippen molar-refractivity contribution in [1.82, 2.24) is 4.98 Å². The number of rotatable bonds is 4. The maximum atomic E-state index is 12.4. The molecule has 0 saturated carbocycles. The number of carbonyl (C=O) groups is 1. The lowest BCUT2D eigenvalue weighted by Gasteiger charge is -2.19. The summed E-state index contributed by atoms with van der Waals surface area (Å²) in [5, 5.41) is 6.17. The molecule has 0 radical (unpaired) electrons. The lowest BCUT2D eigenvalue weighted by molar-refractivity contribution is 0.102. The number of para-hydroxylation sites is 1. The molecule has 0 bridgehead atoms. The first-order valence-corrected chi connectivity index (χ1v) is 9.03. The van der Waals surface area contributed by atoms with Crippen LogP contribution in [0.1, 0.15) is 42.3 Å². The Bertz CT molecular complexity index is 923. The summed E-state index contributed by atoms with van der Waals surface area (Å²) in [6.07, 6.45) is 1.65. The lowest BCUT2D eigenvalue weighted by atomic mass is 9.87. The molecule has 0 fully saturated rings. The molecule has 3 aromatic rings. The number of nitrogens with zero attached hydrogens (tertiary/aromatic N) is 1. The third kappa shape index (κ3) is 4.73. The molecule has 0 unspecified atom stereocenters. The number of benzene rings is 2. The number of pyridine rings is 1. The summed E-state index contributed by atoms with van der Waals surface area (Å²) < 4.78 is 0. The van der Waals surface area contributed by atoms with Gasteiger partial charge in [0.25, 0.3) is 5.91 Å². The van der Waals surface area contributed by atoms with Crippen molar-refractivity contribution < 1.29 is 4.79 Å². The molecule has 0 aliphatic rings. The SMILES string of the molecule is Cc1ccccc1Nc1ccc(NC(=O)c2ccc(C(C)(C)C)cc2)cn1. The van der Waals surface area contributed by atoms with Gasteiger partial charge in [-0.3, -0.25) is 4.79 Å². The Balaban J connectivity index is 1.66. The number of anilines is 3. The van der Waals surface area contributed by atoms with Crippen LogP contribution in [-0.4, -0.2) is 10.9 Å². The highest BCUT2D eigenvalue weighted by atomic mass is 16.1. The molecule has 138 valence electrons. The van der Waals surface area contributed by atoms with Gasteiger partial charge in [0.05, 0.1) is 11.9 Å². The summed E-state index contributed by atoms with van der Waals surface area (Å²) in [5.74, 6) is 0.591. The first-order chi connectivity index (χ1) is 12.8. The van der Waals surface area contributed by atoms with Crippen molar-refractivity contribution in [3.05, 3.63) is 83.6 Å². The zero-order chi connectivity index (χ0) is 19.4. The minimum atomic E-state index is -0.142. The number of amides is 1. The van der Waals surface area contributed by atoms with E-state index in [0.29, 0.717) is 11.3 Å². The maximum absolute atomic E-state index is 12.4. The van der Waals surface area contributed by atoms with Crippen molar-refractivity contribution in [3.8, 4) is 0 Å². The minimum absolute atomic E-state index is 0.0683. The van der Waals surface area contributed by atoms with Gasteiger partial charge in [-0.15, -0.1) is 0 Å². The van der Waals surface area contributed by atoms with E-state index in [1.807, 2.05) is 67.6 Å². The Morgan fingerprint density at radius 3 is 2.22 bits per heavy atom. The summed E-state index contributed by atoms with van der Waals surface area (Å²) in [6.45, 7) is 8.50. The highest BCUT2D eigenvalue weighted by molar-refractivity contribution is 6.04. The highest BCUT2D eigenvalue weighted by Gasteiger charge is 2.14. The molecule has 0 saturated heterocycles. The van der Waals surface area contributed by atoms with E-state index < -0.39 is 0 Å². The van der Waals surface area contributed by atoms with Crippen molar-refractivity contribution in [2.24, 2.45) is 0 Å². The summed E-state index contributed by atoms with van der Waals surface area (Å²) in [5.41, 5.74) is 4.72. The van der Waals surface area contributed by atoms with E-state index in [4.69, 9.17) is 0 Å². The van der Waals surface area contributed by atoms with Crippen LogP contribution in [0.5, 0.6) is 0 Å². The van der Waals surface area contributed by atoms with Crippen LogP contribution in [0.3, 0.4) is 0 Å². The molecule has 4 nitrogen and oxygen atoms in total. The predicted molar refractivity (Wildman–Crippen MR) is 112 cm³/mol. The van der Waals surface area contributed by atoms with Gasteiger partial charge in [-0.2, -0.15) is 0 Å². The van der Waals surface area contributed by atoms with Crippen LogP contribution in [0.15, 0.2) is 66.9 Å². The molecular formula is C23H25N3O. The van der Waals surface area contributed by atoms with Crippen LogP contribution < -0.4 is 10.6 Å². The van der Waals surface area contributed by atoms with Crippen LogP contribution in [0, 0.1) is 6.92 Å². The average Bonchev–Trinajstić information content (AvgIpc) is 2.64. The molecule has 2 aromatic carbocycles. The van der Waals surface area contributed by atoms with E-state index in [0.717, 1.165) is 17.1 Å². The molecule has 1 aromatic heterocycles. The second-order valence-corrected chi connectivity index (χ2v) is 7.65. The number of aryl methyl sites for hydroxylation is 1. The molecule has 0 aliphatic carbocycles. The third-order valence-corrected chi connectivity index (χ3v) is 4.44. The van der Waals surface area contributed by atoms with Crippen molar-refractivity contribution in [1.29, 1.82) is 0 Å². The van der Waals surface area contributed by atoms with Crippen LogP contribution in [-0.2, 0) is 5.41 Å². The van der Waals surface area contributed by atoms with Gasteiger partial charge in [0.1, 0.15) is 5.82 Å². The van der Waals surface area contributed by atoms with Crippen LogP contribution >= 0.6 is 0 Å². The summed E-state index contributed by atoms with van der Waals surface area (Å²) in [4.78, 5) is 16.8. The first kappa shape index (κ1) is 18.6. The highest BCUT2D eigenvalue weighted by Crippen LogP contribution is 2.23. The lowest BCUT2D eigenvalue weighted by Crippen LogP contribution is -2.14. The van der Waals surface area contributed by atoms with Crippen LogP contribution in [0.25, 0.3) is 0 Å². The van der Waals surface area contributed by atoms with Crippen LogP contribution in [0.2, 0.25) is 0 Å². The second-order valence-electron chi connectivity index (χ2n) is 7.65. The molecule has 2 N–H and O–H groups in total. The van der Waals surface area contributed by atoms with E-state index in [1.54, 1.807) is 6.20 Å². The zero-order valence-corrected chi connectivity index (χ0v) is 16.2. The number of aromatic nitrogens is 1. The normalized spacial score (nSPS) is 11.1. The molecule has 1 amide bonds. The molecule has 0 aliphatic heterocycles. The van der Waals surface area contributed by atoms with Crippen LogP contribution in [0.4, 0.5) is 17.2 Å². The smallest absolute Gasteiger partial charge is 0.255 e. The second kappa shape index (κ2) is 7.62. The van der Waals surface area contributed by atoms with Crippen molar-refractivity contribution in [2.75, 3.05) is 10.6 Å². The van der Waals surface area contributed by atoms with E-state index in [2.05, 4.69) is 36.4 Å². The topological polar surface area (TPSA) is 54.0 Å². The molecule has 4 heteroatoms. The van der Waals surface area contributed by atoms with Gasteiger partial charge in [-0.1, -0.05) is 51.1 Å². The van der Waals surface area contributed by atoms with E-state index in [1.165, 1.54) is 5.56 Å². The molecule has 0 atom stereocenters. The molecule has 3 rings (SSSR count).